The molecule has 0 unspecified atom stereocenters. The molecule has 2 N–H and O–H groups in total. The summed E-state index contributed by atoms with van der Waals surface area (Å²) in [6.07, 6.45) is -1.04. The molecule has 0 spiro atoms. The Morgan fingerprint density at radius 1 is 1.34 bits per heavy atom. The van der Waals surface area contributed by atoms with Crippen molar-refractivity contribution in [2.24, 2.45) is 5.92 Å². The van der Waals surface area contributed by atoms with Crippen LogP contribution in [0.3, 0.4) is 0 Å². The largest absolute Gasteiger partial charge is 0.416 e. The molecule has 1 aromatic heterocycles. The Bertz CT molecular complexity index is 846. The maximum Gasteiger partial charge on any atom is 0.416 e. The lowest BCUT2D eigenvalue weighted by molar-refractivity contribution is -0.137. The number of nitrogens with zero attached hydrogens (tertiary/aromatic N) is 2. The fraction of sp³-hybridized carbons (Fsp3) is 0.524. The van der Waals surface area contributed by atoms with E-state index >= 15 is 0 Å². The van der Waals surface area contributed by atoms with Crippen LogP contribution >= 0.6 is 0 Å². The van der Waals surface area contributed by atoms with E-state index in [0.29, 0.717) is 23.0 Å². The molecule has 3 rings (SSSR count). The number of halogens is 3. The van der Waals surface area contributed by atoms with E-state index in [9.17, 15) is 18.0 Å². The van der Waals surface area contributed by atoms with Crippen molar-refractivity contribution in [2.45, 2.75) is 51.9 Å². The number of likely N-dealkylation sites (tertiary alicyclic amines) is 1. The molecule has 0 saturated carbocycles. The third kappa shape index (κ3) is 5.18. The molecule has 8 heteroatoms. The predicted molar refractivity (Wildman–Crippen MR) is 105 cm³/mol. The average molecular weight is 408 g/mol. The monoisotopic (exact) mass is 408 g/mol. The lowest BCUT2D eigenvalue weighted by Crippen LogP contribution is -2.42. The highest BCUT2D eigenvalue weighted by Crippen LogP contribution is 2.34. The van der Waals surface area contributed by atoms with Gasteiger partial charge in [-0.05, 0) is 44.4 Å². The summed E-state index contributed by atoms with van der Waals surface area (Å²) in [6, 6.07) is 5.23. The maximum absolute atomic E-state index is 13.0. The summed E-state index contributed by atoms with van der Waals surface area (Å²) in [5.74, 6) is 1.01. The molecule has 1 fully saturated rings. The second kappa shape index (κ2) is 8.57. The highest BCUT2D eigenvalue weighted by atomic mass is 19.4. The van der Waals surface area contributed by atoms with Crippen LogP contribution in [0.5, 0.6) is 0 Å². The van der Waals surface area contributed by atoms with Gasteiger partial charge in [-0.15, -0.1) is 0 Å². The van der Waals surface area contributed by atoms with Gasteiger partial charge in [-0.2, -0.15) is 13.2 Å². The molecule has 2 aromatic rings. The zero-order valence-corrected chi connectivity index (χ0v) is 16.9. The van der Waals surface area contributed by atoms with Gasteiger partial charge in [0.1, 0.15) is 5.82 Å². The van der Waals surface area contributed by atoms with E-state index in [-0.39, 0.29) is 24.5 Å². The first kappa shape index (κ1) is 21.4. The van der Waals surface area contributed by atoms with E-state index in [4.69, 9.17) is 0 Å². The molecule has 158 valence electrons. The van der Waals surface area contributed by atoms with Crippen molar-refractivity contribution in [3.8, 4) is 11.3 Å². The first-order chi connectivity index (χ1) is 13.6. The Labute approximate surface area is 168 Å². The van der Waals surface area contributed by atoms with Crippen molar-refractivity contribution in [3.63, 3.8) is 0 Å². The van der Waals surface area contributed by atoms with Crippen molar-refractivity contribution in [2.75, 3.05) is 13.1 Å². The first-order valence-corrected chi connectivity index (χ1v) is 9.91. The molecule has 5 nitrogen and oxygen atoms in total. The minimum absolute atomic E-state index is 0.0252. The van der Waals surface area contributed by atoms with Crippen LogP contribution in [-0.2, 0) is 11.0 Å². The topological polar surface area (TPSA) is 61.0 Å². The molecule has 1 aliphatic heterocycles. The average Bonchev–Trinajstić information content (AvgIpc) is 3.30. The number of alkyl halides is 3. The van der Waals surface area contributed by atoms with Gasteiger partial charge in [0.25, 0.3) is 0 Å². The summed E-state index contributed by atoms with van der Waals surface area (Å²) in [4.78, 5) is 22.0. The predicted octanol–water partition coefficient (Wildman–Crippen LogP) is 4.39. The number of aromatic nitrogens is 2. The molecule has 1 aliphatic rings. The fourth-order valence-corrected chi connectivity index (χ4v) is 3.49. The second-order valence-electron chi connectivity index (χ2n) is 7.99. The van der Waals surface area contributed by atoms with E-state index in [0.717, 1.165) is 31.5 Å². The Balaban J connectivity index is 1.72. The quantitative estimate of drug-likeness (QED) is 0.745. The zero-order valence-electron chi connectivity index (χ0n) is 16.9. The number of hydrogen-bond acceptors (Lipinski definition) is 3. The molecule has 2 heterocycles. The van der Waals surface area contributed by atoms with Gasteiger partial charge >= 0.3 is 6.18 Å². The normalized spacial score (nSPS) is 18.9. The van der Waals surface area contributed by atoms with Crippen molar-refractivity contribution in [3.05, 3.63) is 41.9 Å². The second-order valence-corrected chi connectivity index (χ2v) is 7.99. The molecule has 29 heavy (non-hydrogen) atoms. The molecule has 1 aromatic carbocycles. The third-order valence-electron chi connectivity index (χ3n) is 5.51. The summed E-state index contributed by atoms with van der Waals surface area (Å²) >= 11 is 0. The Morgan fingerprint density at radius 2 is 2.10 bits per heavy atom. The van der Waals surface area contributed by atoms with Crippen molar-refractivity contribution < 1.29 is 18.0 Å². The van der Waals surface area contributed by atoms with E-state index < -0.39 is 11.7 Å². The Hall–Kier alpha value is -2.35. The van der Waals surface area contributed by atoms with E-state index in [2.05, 4.69) is 34.0 Å². The number of carbonyl (C=O) groups is 1. The first-order valence-electron chi connectivity index (χ1n) is 9.91. The molecule has 0 radical (unpaired) electrons. The lowest BCUT2D eigenvalue weighted by Gasteiger charge is -2.24. The van der Waals surface area contributed by atoms with Crippen LogP contribution in [0.4, 0.5) is 13.2 Å². The third-order valence-corrected chi connectivity index (χ3v) is 5.51. The van der Waals surface area contributed by atoms with Gasteiger partial charge in [0.15, 0.2) is 0 Å². The van der Waals surface area contributed by atoms with Crippen LogP contribution in [0.2, 0.25) is 0 Å². The number of benzene rings is 1. The minimum Gasteiger partial charge on any atom is -0.352 e. The van der Waals surface area contributed by atoms with Crippen molar-refractivity contribution in [1.82, 2.24) is 20.2 Å². The van der Waals surface area contributed by atoms with E-state index in [1.807, 2.05) is 6.92 Å². The van der Waals surface area contributed by atoms with Gasteiger partial charge in [0, 0.05) is 11.6 Å². The standard InChI is InChI=1S/C21H27F3N4O/c1-13(2)14(3)26-19(29)12-28-9-5-8-18(28)20-25-11-17(27-20)15-6-4-7-16(10-15)21(22,23)24/h4,6-7,10-11,13-14,18H,5,8-9,12H2,1-3H3,(H,25,27)(H,26,29)/t14-,18+/m1/s1. The summed E-state index contributed by atoms with van der Waals surface area (Å²) in [6.45, 7) is 7.16. The Morgan fingerprint density at radius 3 is 2.79 bits per heavy atom. The highest BCUT2D eigenvalue weighted by molar-refractivity contribution is 5.78. The van der Waals surface area contributed by atoms with Crippen molar-refractivity contribution in [1.29, 1.82) is 0 Å². The van der Waals surface area contributed by atoms with Gasteiger partial charge in [-0.3, -0.25) is 9.69 Å². The number of hydrogen-bond donors (Lipinski definition) is 2. The van der Waals surface area contributed by atoms with Crippen LogP contribution in [0.25, 0.3) is 11.3 Å². The number of rotatable bonds is 6. The van der Waals surface area contributed by atoms with Gasteiger partial charge in [-0.25, -0.2) is 4.98 Å². The van der Waals surface area contributed by atoms with Crippen LogP contribution < -0.4 is 5.32 Å². The lowest BCUT2D eigenvalue weighted by atomic mass is 10.1. The summed E-state index contributed by atoms with van der Waals surface area (Å²) < 4.78 is 38.9. The van der Waals surface area contributed by atoms with Gasteiger partial charge in [0.2, 0.25) is 5.91 Å². The molecule has 2 atom stereocenters. The zero-order chi connectivity index (χ0) is 21.2. The number of amides is 1. The maximum atomic E-state index is 13.0. The smallest absolute Gasteiger partial charge is 0.352 e. The molecular formula is C21H27F3N4O. The van der Waals surface area contributed by atoms with Gasteiger partial charge in [0.05, 0.1) is 30.0 Å². The fourth-order valence-electron chi connectivity index (χ4n) is 3.49. The summed E-state index contributed by atoms with van der Waals surface area (Å²) in [5, 5.41) is 3.01. The number of nitrogens with one attached hydrogen (secondary N) is 2. The van der Waals surface area contributed by atoms with E-state index in [1.54, 1.807) is 12.3 Å². The summed E-state index contributed by atoms with van der Waals surface area (Å²) in [7, 11) is 0. The number of H-pyrrole nitrogens is 1. The highest BCUT2D eigenvalue weighted by Gasteiger charge is 2.32. The molecule has 1 amide bonds. The molecular weight excluding hydrogens is 381 g/mol. The number of imidazole rings is 1. The molecule has 0 aliphatic carbocycles. The number of aromatic amines is 1. The minimum atomic E-state index is -4.39. The van der Waals surface area contributed by atoms with E-state index in [1.165, 1.54) is 6.07 Å². The van der Waals surface area contributed by atoms with Crippen LogP contribution in [-0.4, -0.2) is 39.9 Å². The molecule has 1 saturated heterocycles. The van der Waals surface area contributed by atoms with Gasteiger partial charge < -0.3 is 10.3 Å². The SMILES string of the molecule is CC(C)[C@@H](C)NC(=O)CN1CCC[C@H]1c1ncc(-c2cccc(C(F)(F)F)c2)[nH]1. The van der Waals surface area contributed by atoms with Gasteiger partial charge in [-0.1, -0.05) is 26.0 Å². The van der Waals surface area contributed by atoms with Crippen LogP contribution in [0.15, 0.2) is 30.5 Å². The van der Waals surface area contributed by atoms with Crippen LogP contribution in [0, 0.1) is 5.92 Å². The summed E-state index contributed by atoms with van der Waals surface area (Å²) in [5.41, 5.74) is 0.284. The number of carbonyl (C=O) groups excluding carboxylic acids is 1. The molecule has 0 bridgehead atoms. The van der Waals surface area contributed by atoms with Crippen LogP contribution in [0.1, 0.15) is 51.0 Å². The Kier molecular flexibility index (Phi) is 6.31. The van der Waals surface area contributed by atoms with Crippen molar-refractivity contribution >= 4 is 5.91 Å².